The molecular weight excluding hydrogens is 204 g/mol. The summed E-state index contributed by atoms with van der Waals surface area (Å²) in [5, 5.41) is 6.22. The average molecular weight is 228 g/mol. The molecule has 1 rings (SSSR count). The lowest BCUT2D eigenvalue weighted by Gasteiger charge is -2.28. The standard InChI is InChI=1S/C12H24N2O2/c1-5-12(6-7-13-8-12)9-14-10(15)16-11(2,3)4/h13H,5-9H2,1-4H3,(H,14,15). The van der Waals surface area contributed by atoms with Crippen molar-refractivity contribution < 1.29 is 9.53 Å². The van der Waals surface area contributed by atoms with Gasteiger partial charge in [0.1, 0.15) is 5.60 Å². The summed E-state index contributed by atoms with van der Waals surface area (Å²) in [4.78, 5) is 11.5. The van der Waals surface area contributed by atoms with Crippen molar-refractivity contribution in [2.45, 2.75) is 46.1 Å². The lowest BCUT2D eigenvalue weighted by atomic mass is 9.84. The third kappa shape index (κ3) is 4.00. The Hall–Kier alpha value is -0.770. The molecule has 1 atom stereocenters. The molecule has 0 aromatic rings. The van der Waals surface area contributed by atoms with Gasteiger partial charge in [0, 0.05) is 18.5 Å². The van der Waals surface area contributed by atoms with Gasteiger partial charge < -0.3 is 15.4 Å². The first-order valence-electron chi connectivity index (χ1n) is 6.04. The van der Waals surface area contributed by atoms with Crippen LogP contribution in [0.4, 0.5) is 4.79 Å². The molecule has 0 bridgehead atoms. The second kappa shape index (κ2) is 5.04. The molecule has 94 valence electrons. The van der Waals surface area contributed by atoms with Gasteiger partial charge in [0.25, 0.3) is 0 Å². The highest BCUT2D eigenvalue weighted by atomic mass is 16.6. The highest BCUT2D eigenvalue weighted by molar-refractivity contribution is 5.67. The summed E-state index contributed by atoms with van der Waals surface area (Å²) in [6.07, 6.45) is 1.89. The summed E-state index contributed by atoms with van der Waals surface area (Å²) in [5.74, 6) is 0. The predicted octanol–water partition coefficient (Wildman–Crippen LogP) is 1.90. The smallest absolute Gasteiger partial charge is 0.407 e. The van der Waals surface area contributed by atoms with Gasteiger partial charge in [-0.2, -0.15) is 0 Å². The van der Waals surface area contributed by atoms with Gasteiger partial charge in [0.05, 0.1) is 0 Å². The summed E-state index contributed by atoms with van der Waals surface area (Å²) in [5.41, 5.74) is -0.200. The van der Waals surface area contributed by atoms with Gasteiger partial charge in [0.15, 0.2) is 0 Å². The molecule has 0 spiro atoms. The van der Waals surface area contributed by atoms with E-state index >= 15 is 0 Å². The molecule has 1 unspecified atom stereocenters. The molecule has 0 aliphatic carbocycles. The van der Waals surface area contributed by atoms with Gasteiger partial charge in [-0.3, -0.25) is 0 Å². The fraction of sp³-hybridized carbons (Fsp3) is 0.917. The average Bonchev–Trinajstić information content (AvgIpc) is 2.61. The summed E-state index contributed by atoms with van der Waals surface area (Å²) in [6, 6.07) is 0. The van der Waals surface area contributed by atoms with E-state index in [0.29, 0.717) is 6.54 Å². The first-order chi connectivity index (χ1) is 7.37. The molecule has 1 aliphatic rings. The fourth-order valence-corrected chi connectivity index (χ4v) is 1.95. The summed E-state index contributed by atoms with van der Waals surface area (Å²) >= 11 is 0. The van der Waals surface area contributed by atoms with E-state index in [2.05, 4.69) is 17.6 Å². The van der Waals surface area contributed by atoms with Gasteiger partial charge in [-0.25, -0.2) is 4.79 Å². The molecule has 4 nitrogen and oxygen atoms in total. The number of hydrogen-bond donors (Lipinski definition) is 2. The molecule has 1 fully saturated rings. The van der Waals surface area contributed by atoms with Crippen molar-refractivity contribution in [1.82, 2.24) is 10.6 Å². The molecule has 1 saturated heterocycles. The van der Waals surface area contributed by atoms with Crippen LogP contribution in [-0.4, -0.2) is 31.3 Å². The second-order valence-corrected chi connectivity index (χ2v) is 5.64. The summed E-state index contributed by atoms with van der Waals surface area (Å²) < 4.78 is 5.22. The largest absolute Gasteiger partial charge is 0.444 e. The Labute approximate surface area is 98.1 Å². The van der Waals surface area contributed by atoms with Crippen LogP contribution in [0.25, 0.3) is 0 Å². The number of ether oxygens (including phenoxy) is 1. The zero-order chi connectivity index (χ0) is 12.2. The number of rotatable bonds is 3. The van der Waals surface area contributed by atoms with Crippen LogP contribution in [0.1, 0.15) is 40.5 Å². The van der Waals surface area contributed by atoms with Crippen molar-refractivity contribution in [3.63, 3.8) is 0 Å². The maximum atomic E-state index is 11.5. The predicted molar refractivity (Wildman–Crippen MR) is 64.4 cm³/mol. The van der Waals surface area contributed by atoms with Crippen molar-refractivity contribution >= 4 is 6.09 Å². The van der Waals surface area contributed by atoms with E-state index in [4.69, 9.17) is 4.74 Å². The maximum absolute atomic E-state index is 11.5. The third-order valence-electron chi connectivity index (χ3n) is 3.09. The van der Waals surface area contributed by atoms with Crippen molar-refractivity contribution in [2.75, 3.05) is 19.6 Å². The normalized spacial score (nSPS) is 25.5. The van der Waals surface area contributed by atoms with Crippen molar-refractivity contribution in [3.8, 4) is 0 Å². The molecule has 1 amide bonds. The van der Waals surface area contributed by atoms with Crippen LogP contribution in [0, 0.1) is 5.41 Å². The Morgan fingerprint density at radius 2 is 2.19 bits per heavy atom. The quantitative estimate of drug-likeness (QED) is 0.775. The Morgan fingerprint density at radius 1 is 1.50 bits per heavy atom. The molecule has 2 N–H and O–H groups in total. The summed E-state index contributed by atoms with van der Waals surface area (Å²) in [7, 11) is 0. The number of hydrogen-bond acceptors (Lipinski definition) is 3. The fourth-order valence-electron chi connectivity index (χ4n) is 1.95. The van der Waals surface area contributed by atoms with Crippen LogP contribution >= 0.6 is 0 Å². The van der Waals surface area contributed by atoms with Gasteiger partial charge in [-0.15, -0.1) is 0 Å². The molecule has 0 radical (unpaired) electrons. The van der Waals surface area contributed by atoms with Crippen LogP contribution in [0.5, 0.6) is 0 Å². The maximum Gasteiger partial charge on any atom is 0.407 e. The number of carbonyl (C=O) groups excluding carboxylic acids is 1. The van der Waals surface area contributed by atoms with E-state index in [1.165, 1.54) is 0 Å². The van der Waals surface area contributed by atoms with Crippen molar-refractivity contribution in [1.29, 1.82) is 0 Å². The lowest BCUT2D eigenvalue weighted by molar-refractivity contribution is 0.0502. The van der Waals surface area contributed by atoms with Crippen LogP contribution in [0.15, 0.2) is 0 Å². The molecule has 1 aliphatic heterocycles. The minimum Gasteiger partial charge on any atom is -0.444 e. The highest BCUT2D eigenvalue weighted by Crippen LogP contribution is 2.28. The van der Waals surface area contributed by atoms with Crippen molar-refractivity contribution in [3.05, 3.63) is 0 Å². The molecule has 0 aromatic carbocycles. The second-order valence-electron chi connectivity index (χ2n) is 5.64. The van der Waals surface area contributed by atoms with Crippen molar-refractivity contribution in [2.24, 2.45) is 5.41 Å². The topological polar surface area (TPSA) is 50.4 Å². The highest BCUT2D eigenvalue weighted by Gasteiger charge is 2.32. The van der Waals surface area contributed by atoms with E-state index in [9.17, 15) is 4.79 Å². The van der Waals surface area contributed by atoms with Gasteiger partial charge in [-0.05, 0) is 40.2 Å². The van der Waals surface area contributed by atoms with Crippen LogP contribution in [0.3, 0.4) is 0 Å². The molecule has 16 heavy (non-hydrogen) atoms. The van der Waals surface area contributed by atoms with Gasteiger partial charge in [-0.1, -0.05) is 6.92 Å². The van der Waals surface area contributed by atoms with Crippen LogP contribution in [-0.2, 0) is 4.74 Å². The number of nitrogens with one attached hydrogen (secondary N) is 2. The Bertz CT molecular complexity index is 240. The van der Waals surface area contributed by atoms with E-state index in [-0.39, 0.29) is 11.5 Å². The zero-order valence-electron chi connectivity index (χ0n) is 10.9. The first kappa shape index (κ1) is 13.3. The monoisotopic (exact) mass is 228 g/mol. The Kier molecular flexibility index (Phi) is 4.19. The minimum atomic E-state index is -0.419. The summed E-state index contributed by atoms with van der Waals surface area (Å²) in [6.45, 7) is 10.5. The zero-order valence-corrected chi connectivity index (χ0v) is 10.9. The number of alkyl carbamates (subject to hydrolysis) is 1. The van der Waals surface area contributed by atoms with E-state index in [0.717, 1.165) is 25.9 Å². The van der Waals surface area contributed by atoms with E-state index < -0.39 is 5.60 Å². The number of carbonyl (C=O) groups is 1. The van der Waals surface area contributed by atoms with E-state index in [1.807, 2.05) is 20.8 Å². The molecular formula is C12H24N2O2. The van der Waals surface area contributed by atoms with Crippen LogP contribution < -0.4 is 10.6 Å². The molecule has 0 aromatic heterocycles. The van der Waals surface area contributed by atoms with Gasteiger partial charge >= 0.3 is 6.09 Å². The molecule has 0 saturated carbocycles. The van der Waals surface area contributed by atoms with E-state index in [1.54, 1.807) is 0 Å². The first-order valence-corrected chi connectivity index (χ1v) is 6.04. The minimum absolute atomic E-state index is 0.219. The molecule has 4 heteroatoms. The Morgan fingerprint density at radius 3 is 2.62 bits per heavy atom. The lowest BCUT2D eigenvalue weighted by Crippen LogP contribution is -2.41. The third-order valence-corrected chi connectivity index (χ3v) is 3.09. The number of amides is 1. The molecule has 1 heterocycles. The Balaban J connectivity index is 2.35. The van der Waals surface area contributed by atoms with Gasteiger partial charge in [0.2, 0.25) is 0 Å². The van der Waals surface area contributed by atoms with Crippen LogP contribution in [0.2, 0.25) is 0 Å². The SMILES string of the molecule is CCC1(CNC(=O)OC(C)(C)C)CCNC1.